The van der Waals surface area contributed by atoms with E-state index in [1.807, 2.05) is 0 Å². The van der Waals surface area contributed by atoms with E-state index in [0.717, 1.165) is 41.3 Å². The molecule has 21 heavy (non-hydrogen) atoms. The minimum atomic E-state index is -4.52. The fraction of sp³-hybridized carbons (Fsp3) is 0.308. The summed E-state index contributed by atoms with van der Waals surface area (Å²) in [5.41, 5.74) is 6.64. The predicted octanol–water partition coefficient (Wildman–Crippen LogP) is 2.06. The van der Waals surface area contributed by atoms with Crippen molar-refractivity contribution in [2.24, 2.45) is 5.73 Å². The Kier molecular flexibility index (Phi) is 2.96. The number of hydrogen-bond donors (Lipinski definition) is 2. The monoisotopic (exact) mass is 295 g/mol. The molecule has 3 rings (SSSR count). The average molecular weight is 295 g/mol. The second-order valence-corrected chi connectivity index (χ2v) is 4.88. The van der Waals surface area contributed by atoms with E-state index in [9.17, 15) is 13.2 Å². The van der Waals surface area contributed by atoms with Gasteiger partial charge in [0.05, 0.1) is 5.56 Å². The van der Waals surface area contributed by atoms with E-state index in [2.05, 4.69) is 10.1 Å². The normalized spacial score (nSPS) is 14.2. The van der Waals surface area contributed by atoms with Gasteiger partial charge in [-0.3, -0.25) is 5.41 Å². The number of rotatable bonds is 2. The first kappa shape index (κ1) is 13.6. The molecule has 2 aromatic rings. The third-order valence-corrected chi connectivity index (χ3v) is 3.42. The molecule has 0 fully saturated rings. The molecule has 8 heteroatoms. The van der Waals surface area contributed by atoms with Crippen molar-refractivity contribution in [2.75, 3.05) is 0 Å². The topological polar surface area (TPSA) is 80.6 Å². The molecule has 0 saturated carbocycles. The van der Waals surface area contributed by atoms with Crippen LogP contribution >= 0.6 is 0 Å². The molecule has 1 aliphatic carbocycles. The van der Waals surface area contributed by atoms with Crippen molar-refractivity contribution in [3.8, 4) is 5.82 Å². The Morgan fingerprint density at radius 3 is 2.71 bits per heavy atom. The van der Waals surface area contributed by atoms with Crippen LogP contribution in [0.15, 0.2) is 18.3 Å². The number of hydrogen-bond acceptors (Lipinski definition) is 3. The first-order valence-corrected chi connectivity index (χ1v) is 6.36. The number of alkyl halides is 3. The number of amidine groups is 1. The van der Waals surface area contributed by atoms with Gasteiger partial charge in [-0.05, 0) is 37.0 Å². The summed E-state index contributed by atoms with van der Waals surface area (Å²) in [7, 11) is 0. The van der Waals surface area contributed by atoms with Gasteiger partial charge in [0.25, 0.3) is 0 Å². The van der Waals surface area contributed by atoms with Crippen LogP contribution in [0.2, 0.25) is 0 Å². The lowest BCUT2D eigenvalue weighted by atomic mass is 10.1. The number of fused-ring (bicyclic) bond motifs is 1. The molecule has 0 bridgehead atoms. The van der Waals surface area contributed by atoms with Gasteiger partial charge in [-0.15, -0.1) is 0 Å². The highest BCUT2D eigenvalue weighted by atomic mass is 19.4. The van der Waals surface area contributed by atoms with Crippen molar-refractivity contribution in [1.29, 1.82) is 5.41 Å². The summed E-state index contributed by atoms with van der Waals surface area (Å²) in [6, 6.07) is 2.60. The van der Waals surface area contributed by atoms with Crippen LogP contribution in [-0.2, 0) is 19.0 Å². The predicted molar refractivity (Wildman–Crippen MR) is 69.4 cm³/mol. The van der Waals surface area contributed by atoms with Crippen molar-refractivity contribution >= 4 is 5.84 Å². The summed E-state index contributed by atoms with van der Waals surface area (Å²) >= 11 is 0. The van der Waals surface area contributed by atoms with Crippen molar-refractivity contribution in [3.05, 3.63) is 40.8 Å². The average Bonchev–Trinajstić information content (AvgIpc) is 3.05. The molecule has 2 aromatic heterocycles. The summed E-state index contributed by atoms with van der Waals surface area (Å²) in [5, 5.41) is 11.1. The highest BCUT2D eigenvalue weighted by Crippen LogP contribution is 2.29. The standard InChI is InChI=1S/C13H12F3N5/c14-13(15,16)10-4-5-21(20-10)12-8(11(17)18)6-7-2-1-3-9(7)19-12/h4-6H,1-3H2,(H3,17,18). The van der Waals surface area contributed by atoms with Crippen molar-refractivity contribution in [2.45, 2.75) is 25.4 Å². The van der Waals surface area contributed by atoms with Gasteiger partial charge in [0, 0.05) is 11.9 Å². The number of pyridine rings is 1. The van der Waals surface area contributed by atoms with Crippen molar-refractivity contribution in [1.82, 2.24) is 14.8 Å². The minimum Gasteiger partial charge on any atom is -0.384 e. The Balaban J connectivity index is 2.13. The lowest BCUT2D eigenvalue weighted by Gasteiger charge is -2.10. The SMILES string of the molecule is N=C(N)c1cc2c(nc1-n1ccc(C(F)(F)F)n1)CCC2. The van der Waals surface area contributed by atoms with Crippen molar-refractivity contribution < 1.29 is 13.2 Å². The molecule has 0 aromatic carbocycles. The zero-order valence-electron chi connectivity index (χ0n) is 10.9. The summed E-state index contributed by atoms with van der Waals surface area (Å²) < 4.78 is 38.9. The van der Waals surface area contributed by atoms with Crippen LogP contribution < -0.4 is 5.73 Å². The number of nitrogens with one attached hydrogen (secondary N) is 1. The van der Waals surface area contributed by atoms with Gasteiger partial charge in [-0.25, -0.2) is 9.67 Å². The maximum atomic E-state index is 12.6. The molecule has 3 N–H and O–H groups in total. The fourth-order valence-electron chi connectivity index (χ4n) is 2.43. The van der Waals surface area contributed by atoms with E-state index in [-0.39, 0.29) is 11.7 Å². The quantitative estimate of drug-likeness (QED) is 0.657. The molecule has 0 spiro atoms. The Morgan fingerprint density at radius 1 is 1.33 bits per heavy atom. The zero-order valence-corrected chi connectivity index (χ0v) is 10.9. The number of aryl methyl sites for hydroxylation is 2. The fourth-order valence-corrected chi connectivity index (χ4v) is 2.43. The Hall–Kier alpha value is -2.38. The molecule has 110 valence electrons. The van der Waals surface area contributed by atoms with Crippen LogP contribution in [0.1, 0.15) is 28.9 Å². The molecule has 0 unspecified atom stereocenters. The van der Waals surface area contributed by atoms with Gasteiger partial charge in [-0.1, -0.05) is 0 Å². The maximum absolute atomic E-state index is 12.6. The van der Waals surface area contributed by atoms with Gasteiger partial charge in [0.1, 0.15) is 5.84 Å². The molecule has 0 atom stereocenters. The van der Waals surface area contributed by atoms with Crippen LogP contribution in [0.4, 0.5) is 13.2 Å². The Bertz CT molecular complexity index is 717. The number of nitrogens with two attached hydrogens (primary N) is 1. The molecule has 1 aliphatic rings. The first-order chi connectivity index (χ1) is 9.86. The number of aromatic nitrogens is 3. The van der Waals surface area contributed by atoms with Gasteiger partial charge in [-0.2, -0.15) is 18.3 Å². The molecule has 5 nitrogen and oxygen atoms in total. The van der Waals surface area contributed by atoms with E-state index in [4.69, 9.17) is 11.1 Å². The Labute approximate surface area is 118 Å². The molecule has 0 aliphatic heterocycles. The van der Waals surface area contributed by atoms with E-state index in [1.54, 1.807) is 6.07 Å². The smallest absolute Gasteiger partial charge is 0.384 e. The van der Waals surface area contributed by atoms with E-state index in [0.29, 0.717) is 5.56 Å². The minimum absolute atomic E-state index is 0.165. The zero-order chi connectivity index (χ0) is 15.2. The van der Waals surface area contributed by atoms with Gasteiger partial charge in [0.2, 0.25) is 0 Å². The summed E-state index contributed by atoms with van der Waals surface area (Å²) in [5.74, 6) is -0.0742. The van der Waals surface area contributed by atoms with Gasteiger partial charge in [0.15, 0.2) is 11.5 Å². The van der Waals surface area contributed by atoms with Crippen LogP contribution in [0.25, 0.3) is 5.82 Å². The highest BCUT2D eigenvalue weighted by Gasteiger charge is 2.34. The third-order valence-electron chi connectivity index (χ3n) is 3.42. The highest BCUT2D eigenvalue weighted by molar-refractivity contribution is 5.98. The van der Waals surface area contributed by atoms with Crippen LogP contribution in [0.3, 0.4) is 0 Å². The van der Waals surface area contributed by atoms with E-state index >= 15 is 0 Å². The van der Waals surface area contributed by atoms with E-state index < -0.39 is 11.9 Å². The molecule has 0 radical (unpaired) electrons. The molecular weight excluding hydrogens is 283 g/mol. The number of nitrogen functional groups attached to an aromatic ring is 1. The van der Waals surface area contributed by atoms with Gasteiger partial charge >= 0.3 is 6.18 Å². The third kappa shape index (κ3) is 2.37. The number of halogens is 3. The lowest BCUT2D eigenvalue weighted by Crippen LogP contribution is -2.18. The first-order valence-electron chi connectivity index (χ1n) is 6.36. The number of nitrogens with zero attached hydrogens (tertiary/aromatic N) is 3. The maximum Gasteiger partial charge on any atom is 0.435 e. The summed E-state index contributed by atoms with van der Waals surface area (Å²) in [6.07, 6.45) is -0.781. The van der Waals surface area contributed by atoms with Gasteiger partial charge < -0.3 is 5.73 Å². The largest absolute Gasteiger partial charge is 0.435 e. The molecule has 2 heterocycles. The summed E-state index contributed by atoms with van der Waals surface area (Å²) in [6.45, 7) is 0. The van der Waals surface area contributed by atoms with E-state index in [1.165, 1.54) is 6.20 Å². The second-order valence-electron chi connectivity index (χ2n) is 4.88. The van der Waals surface area contributed by atoms with Crippen LogP contribution in [0, 0.1) is 5.41 Å². The molecule has 0 amide bonds. The lowest BCUT2D eigenvalue weighted by molar-refractivity contribution is -0.141. The second kappa shape index (κ2) is 4.57. The molecule has 0 saturated heterocycles. The van der Waals surface area contributed by atoms with Crippen LogP contribution in [-0.4, -0.2) is 20.6 Å². The van der Waals surface area contributed by atoms with Crippen LogP contribution in [0.5, 0.6) is 0 Å². The molecular formula is C13H12F3N5. The summed E-state index contributed by atoms with van der Waals surface area (Å²) in [4.78, 5) is 4.35. The van der Waals surface area contributed by atoms with Crippen molar-refractivity contribution in [3.63, 3.8) is 0 Å². The Morgan fingerprint density at radius 2 is 2.10 bits per heavy atom.